The molecule has 5 nitrogen and oxygen atoms in total. The first-order valence-corrected chi connectivity index (χ1v) is 7.19. The van der Waals surface area contributed by atoms with Crippen LogP contribution in [-0.4, -0.2) is 17.9 Å². The van der Waals surface area contributed by atoms with Crippen molar-refractivity contribution in [3.05, 3.63) is 29.8 Å². The van der Waals surface area contributed by atoms with Crippen molar-refractivity contribution in [1.82, 2.24) is 0 Å². The first-order valence-electron chi connectivity index (χ1n) is 5.46. The SMILES string of the molecule is CCOP(=O)(CC)OC(O)c1ccc(N)cc1. The van der Waals surface area contributed by atoms with Gasteiger partial charge in [0, 0.05) is 17.4 Å². The summed E-state index contributed by atoms with van der Waals surface area (Å²) in [7, 11) is -3.21. The highest BCUT2D eigenvalue weighted by Gasteiger charge is 2.26. The van der Waals surface area contributed by atoms with Gasteiger partial charge in [-0.1, -0.05) is 19.1 Å². The molecule has 0 amide bonds. The van der Waals surface area contributed by atoms with Crippen LogP contribution in [-0.2, 0) is 13.6 Å². The topological polar surface area (TPSA) is 81.8 Å². The Hall–Kier alpha value is -0.870. The fourth-order valence-corrected chi connectivity index (χ4v) is 2.48. The van der Waals surface area contributed by atoms with E-state index in [1.165, 1.54) is 0 Å². The average Bonchev–Trinajstić information content (AvgIpc) is 2.30. The molecule has 0 saturated heterocycles. The Labute approximate surface area is 101 Å². The van der Waals surface area contributed by atoms with E-state index in [-0.39, 0.29) is 12.8 Å². The van der Waals surface area contributed by atoms with E-state index >= 15 is 0 Å². The van der Waals surface area contributed by atoms with E-state index < -0.39 is 13.9 Å². The first kappa shape index (κ1) is 14.2. The molecule has 0 aliphatic rings. The van der Waals surface area contributed by atoms with Crippen LogP contribution in [0.5, 0.6) is 0 Å². The van der Waals surface area contributed by atoms with Crippen molar-refractivity contribution < 1.29 is 18.7 Å². The van der Waals surface area contributed by atoms with Crippen LogP contribution >= 0.6 is 7.60 Å². The van der Waals surface area contributed by atoms with Crippen LogP contribution in [0.4, 0.5) is 5.69 Å². The fraction of sp³-hybridized carbons (Fsp3) is 0.455. The maximum Gasteiger partial charge on any atom is 0.332 e. The van der Waals surface area contributed by atoms with E-state index in [0.29, 0.717) is 11.3 Å². The highest BCUT2D eigenvalue weighted by molar-refractivity contribution is 7.53. The lowest BCUT2D eigenvalue weighted by Crippen LogP contribution is -2.05. The van der Waals surface area contributed by atoms with Crippen molar-refractivity contribution in [3.63, 3.8) is 0 Å². The minimum absolute atomic E-state index is 0.215. The van der Waals surface area contributed by atoms with Gasteiger partial charge in [-0.2, -0.15) is 0 Å². The number of benzene rings is 1. The summed E-state index contributed by atoms with van der Waals surface area (Å²) in [6.45, 7) is 3.69. The largest absolute Gasteiger partial charge is 0.399 e. The molecule has 0 saturated carbocycles. The zero-order valence-electron chi connectivity index (χ0n) is 10.00. The van der Waals surface area contributed by atoms with Gasteiger partial charge in [-0.05, 0) is 19.1 Å². The number of nitrogen functional groups attached to an aromatic ring is 1. The number of rotatable bonds is 6. The van der Waals surface area contributed by atoms with Crippen LogP contribution < -0.4 is 5.73 Å². The summed E-state index contributed by atoms with van der Waals surface area (Å²) < 4.78 is 22.1. The minimum atomic E-state index is -3.21. The van der Waals surface area contributed by atoms with Gasteiger partial charge >= 0.3 is 7.60 Å². The molecule has 2 atom stereocenters. The molecule has 1 aromatic carbocycles. The summed E-state index contributed by atoms with van der Waals surface area (Å²) in [5.74, 6) is 0. The van der Waals surface area contributed by atoms with E-state index in [1.807, 2.05) is 0 Å². The zero-order chi connectivity index (χ0) is 12.9. The molecule has 0 aliphatic heterocycles. The molecule has 0 aliphatic carbocycles. The van der Waals surface area contributed by atoms with Crippen LogP contribution in [0.25, 0.3) is 0 Å². The molecule has 1 rings (SSSR count). The van der Waals surface area contributed by atoms with Gasteiger partial charge in [0.15, 0.2) is 6.29 Å². The Bertz CT molecular complexity index is 393. The highest BCUT2D eigenvalue weighted by atomic mass is 31.2. The van der Waals surface area contributed by atoms with E-state index in [1.54, 1.807) is 38.1 Å². The Morgan fingerprint density at radius 2 is 1.94 bits per heavy atom. The quantitative estimate of drug-likeness (QED) is 0.466. The zero-order valence-corrected chi connectivity index (χ0v) is 10.9. The fourth-order valence-electron chi connectivity index (χ4n) is 1.27. The van der Waals surface area contributed by atoms with Crippen molar-refractivity contribution in [2.24, 2.45) is 0 Å². The van der Waals surface area contributed by atoms with Crippen molar-refractivity contribution in [1.29, 1.82) is 0 Å². The second-order valence-electron chi connectivity index (χ2n) is 3.47. The number of aliphatic hydroxyl groups excluding tert-OH is 1. The molecule has 0 radical (unpaired) electrons. The maximum atomic E-state index is 12.0. The second kappa shape index (κ2) is 6.17. The van der Waals surface area contributed by atoms with E-state index in [9.17, 15) is 9.67 Å². The van der Waals surface area contributed by atoms with Crippen LogP contribution in [0.1, 0.15) is 25.7 Å². The Morgan fingerprint density at radius 1 is 1.35 bits per heavy atom. The van der Waals surface area contributed by atoms with E-state index in [0.717, 1.165) is 0 Å². The monoisotopic (exact) mass is 259 g/mol. The molecule has 3 N–H and O–H groups in total. The van der Waals surface area contributed by atoms with Crippen LogP contribution in [0.2, 0.25) is 0 Å². The number of nitrogens with two attached hydrogens (primary N) is 1. The average molecular weight is 259 g/mol. The highest BCUT2D eigenvalue weighted by Crippen LogP contribution is 2.50. The normalized spacial score (nSPS) is 16.4. The maximum absolute atomic E-state index is 12.0. The van der Waals surface area contributed by atoms with Gasteiger partial charge in [0.25, 0.3) is 0 Å². The molecular formula is C11H18NO4P. The number of aliphatic hydroxyl groups is 1. The molecule has 2 unspecified atom stereocenters. The van der Waals surface area contributed by atoms with E-state index in [4.69, 9.17) is 14.8 Å². The van der Waals surface area contributed by atoms with Gasteiger partial charge in [-0.25, -0.2) is 0 Å². The van der Waals surface area contributed by atoms with Crippen molar-refractivity contribution in [2.75, 3.05) is 18.5 Å². The minimum Gasteiger partial charge on any atom is -0.399 e. The molecule has 0 heterocycles. The molecule has 1 aromatic rings. The van der Waals surface area contributed by atoms with E-state index in [2.05, 4.69) is 0 Å². The van der Waals surface area contributed by atoms with Crippen molar-refractivity contribution >= 4 is 13.3 Å². The Balaban J connectivity index is 2.74. The molecule has 0 aromatic heterocycles. The smallest absolute Gasteiger partial charge is 0.332 e. The molecule has 96 valence electrons. The lowest BCUT2D eigenvalue weighted by Gasteiger charge is -2.20. The third-order valence-corrected chi connectivity index (χ3v) is 4.14. The van der Waals surface area contributed by atoms with Crippen LogP contribution in [0.15, 0.2) is 24.3 Å². The standard InChI is InChI=1S/C11H18NO4P/c1-3-15-17(14,4-2)16-11(13)9-5-7-10(12)8-6-9/h5-8,11,13H,3-4,12H2,1-2H3. The second-order valence-corrected chi connectivity index (χ2v) is 5.79. The Kier molecular flexibility index (Phi) is 5.15. The lowest BCUT2D eigenvalue weighted by molar-refractivity contribution is -0.0303. The van der Waals surface area contributed by atoms with Gasteiger partial charge in [0.2, 0.25) is 0 Å². The Morgan fingerprint density at radius 3 is 2.41 bits per heavy atom. The summed E-state index contributed by atoms with van der Waals surface area (Å²) in [4.78, 5) is 0. The molecular weight excluding hydrogens is 241 g/mol. The van der Waals surface area contributed by atoms with Crippen LogP contribution in [0, 0.1) is 0 Å². The van der Waals surface area contributed by atoms with Crippen molar-refractivity contribution in [3.8, 4) is 0 Å². The lowest BCUT2D eigenvalue weighted by atomic mass is 10.2. The predicted molar refractivity (Wildman–Crippen MR) is 66.7 cm³/mol. The van der Waals surface area contributed by atoms with Gasteiger partial charge < -0.3 is 15.4 Å². The number of hydrogen-bond donors (Lipinski definition) is 2. The van der Waals surface area contributed by atoms with Gasteiger partial charge in [-0.3, -0.25) is 9.09 Å². The third kappa shape index (κ3) is 4.13. The number of hydrogen-bond acceptors (Lipinski definition) is 5. The summed E-state index contributed by atoms with van der Waals surface area (Å²) in [6.07, 6.45) is -1.06. The van der Waals surface area contributed by atoms with Crippen molar-refractivity contribution in [2.45, 2.75) is 20.1 Å². The molecule has 17 heavy (non-hydrogen) atoms. The molecule has 0 bridgehead atoms. The molecule has 6 heteroatoms. The molecule has 0 spiro atoms. The summed E-state index contributed by atoms with van der Waals surface area (Å²) in [5, 5.41) is 9.79. The first-order chi connectivity index (χ1) is 8.00. The summed E-state index contributed by atoms with van der Waals surface area (Å²) in [5.41, 5.74) is 6.61. The summed E-state index contributed by atoms with van der Waals surface area (Å²) >= 11 is 0. The predicted octanol–water partition coefficient (Wildman–Crippen LogP) is 2.53. The third-order valence-electron chi connectivity index (χ3n) is 2.20. The molecule has 0 fully saturated rings. The summed E-state index contributed by atoms with van der Waals surface area (Å²) in [6, 6.07) is 6.51. The van der Waals surface area contributed by atoms with Gasteiger partial charge in [-0.15, -0.1) is 0 Å². The van der Waals surface area contributed by atoms with Gasteiger partial charge in [0.05, 0.1) is 6.61 Å². The van der Waals surface area contributed by atoms with Crippen LogP contribution in [0.3, 0.4) is 0 Å². The number of anilines is 1. The van der Waals surface area contributed by atoms with Gasteiger partial charge in [0.1, 0.15) is 0 Å².